The monoisotopic (exact) mass is 210 g/mol. The first-order chi connectivity index (χ1) is 7.07. The van der Waals surface area contributed by atoms with Crippen LogP contribution in [0, 0.1) is 5.82 Å². The van der Waals surface area contributed by atoms with Crippen LogP contribution in [0.3, 0.4) is 0 Å². The summed E-state index contributed by atoms with van der Waals surface area (Å²) in [5.74, 6) is -0.684. The summed E-state index contributed by atoms with van der Waals surface area (Å²) in [5.41, 5.74) is 5.77. The van der Waals surface area contributed by atoms with Gasteiger partial charge in [0, 0.05) is 6.54 Å². The molecule has 0 saturated heterocycles. The van der Waals surface area contributed by atoms with Crippen LogP contribution in [0.15, 0.2) is 24.3 Å². The van der Waals surface area contributed by atoms with Gasteiger partial charge in [0.1, 0.15) is 5.82 Å². The molecule has 1 aromatic rings. The van der Waals surface area contributed by atoms with Gasteiger partial charge in [0.25, 0.3) is 0 Å². The highest BCUT2D eigenvalue weighted by atomic mass is 19.1. The van der Waals surface area contributed by atoms with Crippen LogP contribution in [0.2, 0.25) is 0 Å². The van der Waals surface area contributed by atoms with Gasteiger partial charge in [-0.2, -0.15) is 0 Å². The lowest BCUT2D eigenvalue weighted by Gasteiger charge is -2.23. The van der Waals surface area contributed by atoms with E-state index >= 15 is 0 Å². The highest BCUT2D eigenvalue weighted by Crippen LogP contribution is 2.18. The molecule has 0 saturated carbocycles. The van der Waals surface area contributed by atoms with Crippen molar-refractivity contribution in [2.24, 2.45) is 5.73 Å². The van der Waals surface area contributed by atoms with Crippen molar-refractivity contribution in [1.82, 2.24) is 0 Å². The lowest BCUT2D eigenvalue weighted by Crippen LogP contribution is -2.42. The van der Waals surface area contributed by atoms with Crippen LogP contribution in [-0.2, 0) is 4.79 Å². The fourth-order valence-corrected chi connectivity index (χ4v) is 1.36. The minimum absolute atomic E-state index is 0.275. The average molecular weight is 210 g/mol. The summed E-state index contributed by atoms with van der Waals surface area (Å²) < 4.78 is 13.4. The Labute approximate surface area is 88.7 Å². The largest absolute Gasteiger partial charge is 0.320 e. The molecule has 0 aliphatic carbocycles. The Morgan fingerprint density at radius 2 is 2.13 bits per heavy atom. The Morgan fingerprint density at radius 3 is 2.60 bits per heavy atom. The smallest absolute Gasteiger partial charge is 0.243 e. The molecule has 4 heteroatoms. The zero-order chi connectivity index (χ0) is 11.4. The molecular formula is C11H15FN2O. The summed E-state index contributed by atoms with van der Waals surface area (Å²) in [6, 6.07) is 5.55. The fourth-order valence-electron chi connectivity index (χ4n) is 1.36. The predicted octanol–water partition coefficient (Wildman–Crippen LogP) is 1.53. The van der Waals surface area contributed by atoms with Crippen molar-refractivity contribution in [3.05, 3.63) is 30.1 Å². The first-order valence-corrected chi connectivity index (χ1v) is 4.89. The van der Waals surface area contributed by atoms with E-state index in [1.807, 2.05) is 0 Å². The lowest BCUT2D eigenvalue weighted by molar-refractivity contribution is -0.119. The Balaban J connectivity index is 3.03. The Morgan fingerprint density at radius 1 is 1.53 bits per heavy atom. The number of likely N-dealkylation sites (N-methyl/N-ethyl adjacent to an activating group) is 1. The third kappa shape index (κ3) is 2.53. The summed E-state index contributed by atoms with van der Waals surface area (Å²) >= 11 is 0. The number of carbonyl (C=O) groups is 1. The Bertz CT molecular complexity index is 352. The molecule has 0 bridgehead atoms. The zero-order valence-electron chi connectivity index (χ0n) is 8.90. The summed E-state index contributed by atoms with van der Waals surface area (Å²) in [5, 5.41) is 0. The van der Waals surface area contributed by atoms with Crippen molar-refractivity contribution in [2.75, 3.05) is 11.4 Å². The van der Waals surface area contributed by atoms with E-state index in [0.29, 0.717) is 6.54 Å². The second-order valence-electron chi connectivity index (χ2n) is 3.32. The Kier molecular flexibility index (Phi) is 3.80. The molecule has 0 radical (unpaired) electrons. The lowest BCUT2D eigenvalue weighted by atomic mass is 10.2. The van der Waals surface area contributed by atoms with Crippen molar-refractivity contribution in [1.29, 1.82) is 0 Å². The van der Waals surface area contributed by atoms with Gasteiger partial charge < -0.3 is 10.6 Å². The third-order valence-electron chi connectivity index (χ3n) is 2.12. The topological polar surface area (TPSA) is 46.3 Å². The standard InChI is InChI=1S/C11H15FN2O/c1-3-14(11(15)8(2)13)10-7-5-4-6-9(10)12/h4-8H,3,13H2,1-2H3. The molecule has 1 amide bonds. The summed E-state index contributed by atoms with van der Waals surface area (Å²) in [6.07, 6.45) is 0. The van der Waals surface area contributed by atoms with Gasteiger partial charge in [-0.05, 0) is 26.0 Å². The van der Waals surface area contributed by atoms with Crippen LogP contribution in [-0.4, -0.2) is 18.5 Å². The highest BCUT2D eigenvalue weighted by molar-refractivity contribution is 5.96. The maximum atomic E-state index is 13.4. The van der Waals surface area contributed by atoms with Gasteiger partial charge in [0.05, 0.1) is 11.7 Å². The van der Waals surface area contributed by atoms with Gasteiger partial charge in [0.15, 0.2) is 0 Å². The minimum atomic E-state index is -0.621. The number of nitrogens with two attached hydrogens (primary N) is 1. The molecule has 0 aromatic heterocycles. The predicted molar refractivity (Wildman–Crippen MR) is 58.1 cm³/mol. The van der Waals surface area contributed by atoms with E-state index in [1.54, 1.807) is 32.0 Å². The molecule has 0 spiro atoms. The number of amides is 1. The van der Waals surface area contributed by atoms with Crippen LogP contribution < -0.4 is 10.6 Å². The van der Waals surface area contributed by atoms with E-state index < -0.39 is 11.9 Å². The van der Waals surface area contributed by atoms with Crippen LogP contribution in [0.1, 0.15) is 13.8 Å². The minimum Gasteiger partial charge on any atom is -0.320 e. The van der Waals surface area contributed by atoms with E-state index in [2.05, 4.69) is 0 Å². The summed E-state index contributed by atoms with van der Waals surface area (Å²) in [6.45, 7) is 3.78. The zero-order valence-corrected chi connectivity index (χ0v) is 8.90. The van der Waals surface area contributed by atoms with Crippen LogP contribution in [0.25, 0.3) is 0 Å². The number of anilines is 1. The van der Waals surface area contributed by atoms with Gasteiger partial charge in [-0.25, -0.2) is 4.39 Å². The molecular weight excluding hydrogens is 195 g/mol. The van der Waals surface area contributed by atoms with E-state index in [9.17, 15) is 9.18 Å². The second kappa shape index (κ2) is 4.89. The van der Waals surface area contributed by atoms with Crippen LogP contribution in [0.5, 0.6) is 0 Å². The van der Waals surface area contributed by atoms with Gasteiger partial charge in [-0.3, -0.25) is 4.79 Å². The van der Waals surface area contributed by atoms with E-state index in [0.717, 1.165) is 0 Å². The molecule has 0 aliphatic heterocycles. The first kappa shape index (κ1) is 11.7. The van der Waals surface area contributed by atoms with Crippen molar-refractivity contribution in [2.45, 2.75) is 19.9 Å². The molecule has 15 heavy (non-hydrogen) atoms. The molecule has 1 aromatic carbocycles. The third-order valence-corrected chi connectivity index (χ3v) is 2.12. The number of benzene rings is 1. The number of carbonyl (C=O) groups excluding carboxylic acids is 1. The summed E-state index contributed by atoms with van der Waals surface area (Å²) in [4.78, 5) is 13.0. The molecule has 1 rings (SSSR count). The molecule has 2 N–H and O–H groups in total. The number of nitrogens with zero attached hydrogens (tertiary/aromatic N) is 1. The quantitative estimate of drug-likeness (QED) is 0.822. The molecule has 0 fully saturated rings. The van der Waals surface area contributed by atoms with E-state index in [-0.39, 0.29) is 11.6 Å². The van der Waals surface area contributed by atoms with Crippen molar-refractivity contribution in [3.63, 3.8) is 0 Å². The van der Waals surface area contributed by atoms with Crippen LogP contribution in [0.4, 0.5) is 10.1 Å². The molecule has 0 aliphatic rings. The van der Waals surface area contributed by atoms with Crippen molar-refractivity contribution >= 4 is 11.6 Å². The van der Waals surface area contributed by atoms with Gasteiger partial charge >= 0.3 is 0 Å². The van der Waals surface area contributed by atoms with E-state index in [4.69, 9.17) is 5.73 Å². The maximum Gasteiger partial charge on any atom is 0.243 e. The first-order valence-electron chi connectivity index (χ1n) is 4.89. The van der Waals surface area contributed by atoms with Gasteiger partial charge in [-0.1, -0.05) is 12.1 Å². The number of rotatable bonds is 3. The van der Waals surface area contributed by atoms with Crippen LogP contribution >= 0.6 is 0 Å². The summed E-state index contributed by atoms with van der Waals surface area (Å²) in [7, 11) is 0. The SMILES string of the molecule is CCN(C(=O)C(C)N)c1ccccc1F. The molecule has 0 heterocycles. The molecule has 82 valence electrons. The number of hydrogen-bond donors (Lipinski definition) is 1. The molecule has 1 unspecified atom stereocenters. The number of hydrogen-bond acceptors (Lipinski definition) is 2. The molecule has 1 atom stereocenters. The number of para-hydroxylation sites is 1. The average Bonchev–Trinajstić information content (AvgIpc) is 2.21. The van der Waals surface area contributed by atoms with Crippen molar-refractivity contribution < 1.29 is 9.18 Å². The highest BCUT2D eigenvalue weighted by Gasteiger charge is 2.19. The second-order valence-corrected chi connectivity index (χ2v) is 3.32. The number of halogens is 1. The van der Waals surface area contributed by atoms with Crippen molar-refractivity contribution in [3.8, 4) is 0 Å². The normalized spacial score (nSPS) is 12.3. The van der Waals surface area contributed by atoms with Gasteiger partial charge in [0.2, 0.25) is 5.91 Å². The fraction of sp³-hybridized carbons (Fsp3) is 0.364. The molecule has 3 nitrogen and oxygen atoms in total. The maximum absolute atomic E-state index is 13.4. The van der Waals surface area contributed by atoms with E-state index in [1.165, 1.54) is 11.0 Å². The Hall–Kier alpha value is -1.42. The van der Waals surface area contributed by atoms with Gasteiger partial charge in [-0.15, -0.1) is 0 Å².